The topological polar surface area (TPSA) is 99.6 Å². The van der Waals surface area contributed by atoms with Crippen molar-refractivity contribution in [2.75, 3.05) is 0 Å². The molecule has 0 fully saturated rings. The van der Waals surface area contributed by atoms with E-state index in [0.717, 1.165) is 11.1 Å². The van der Waals surface area contributed by atoms with Gasteiger partial charge in [0.05, 0.1) is 0 Å². The van der Waals surface area contributed by atoms with Crippen molar-refractivity contribution in [2.24, 2.45) is 0 Å². The summed E-state index contributed by atoms with van der Waals surface area (Å²) in [6.45, 7) is 3.67. The molecule has 0 radical (unpaired) electrons. The van der Waals surface area contributed by atoms with Crippen LogP contribution in [-0.4, -0.2) is 21.8 Å². The minimum absolute atomic E-state index is 0.0483. The van der Waals surface area contributed by atoms with E-state index in [4.69, 9.17) is 8.37 Å². The van der Waals surface area contributed by atoms with Crippen LogP contribution in [0.5, 0.6) is 11.8 Å². The smallest absolute Gasteiger partial charge is 0.340 e. The van der Waals surface area contributed by atoms with E-state index in [9.17, 15) is 16.8 Å². The predicted octanol–water partition coefficient (Wildman–Crippen LogP) is 4.39. The highest BCUT2D eigenvalue weighted by atomic mass is 32.2. The molecule has 0 atom stereocenters. The number of hydrogen-bond donors (Lipinski definition) is 0. The van der Waals surface area contributed by atoms with Gasteiger partial charge in [-0.2, -0.15) is 21.8 Å². The molecule has 0 saturated carbocycles. The number of fused-ring (bicyclic) bond motifs is 1. The van der Waals surface area contributed by atoms with Gasteiger partial charge in [0.1, 0.15) is 9.79 Å². The number of nitrogens with zero attached hydrogens (tertiary/aromatic N) is 1. The Morgan fingerprint density at radius 3 is 1.72 bits per heavy atom. The van der Waals surface area contributed by atoms with Crippen LogP contribution in [0.2, 0.25) is 0 Å². The molecule has 0 spiro atoms. The molecule has 0 bridgehead atoms. The Bertz CT molecular complexity index is 1490. The Kier molecular flexibility index (Phi) is 5.62. The van der Waals surface area contributed by atoms with Crippen molar-refractivity contribution < 1.29 is 25.2 Å². The SMILES string of the molecule is Cc1ccc(S(=O)(=O)Oc2cc3ccccc3c(OS(=O)(=O)c3ccc(C)cc3)n2)cc1. The van der Waals surface area contributed by atoms with E-state index in [1.165, 1.54) is 30.3 Å². The first-order valence-electron chi connectivity index (χ1n) is 9.56. The molecule has 0 N–H and O–H groups in total. The van der Waals surface area contributed by atoms with Crippen LogP contribution in [0.3, 0.4) is 0 Å². The van der Waals surface area contributed by atoms with Gasteiger partial charge in [-0.15, -0.1) is 0 Å². The van der Waals surface area contributed by atoms with Gasteiger partial charge < -0.3 is 8.37 Å². The molecule has 7 nitrogen and oxygen atoms in total. The average molecular weight is 470 g/mol. The maximum absolute atomic E-state index is 12.8. The van der Waals surface area contributed by atoms with Gasteiger partial charge >= 0.3 is 20.2 Å². The second-order valence-electron chi connectivity index (χ2n) is 7.19. The van der Waals surface area contributed by atoms with Gasteiger partial charge in [-0.1, -0.05) is 53.6 Å². The van der Waals surface area contributed by atoms with Crippen LogP contribution in [0.1, 0.15) is 11.1 Å². The molecule has 0 unspecified atom stereocenters. The van der Waals surface area contributed by atoms with Crippen LogP contribution < -0.4 is 8.37 Å². The fraction of sp³-hybridized carbons (Fsp3) is 0.0870. The van der Waals surface area contributed by atoms with Gasteiger partial charge in [0.2, 0.25) is 11.8 Å². The molecule has 0 saturated heterocycles. The molecule has 0 amide bonds. The van der Waals surface area contributed by atoms with Gasteiger partial charge in [0.15, 0.2) is 0 Å². The zero-order valence-corrected chi connectivity index (χ0v) is 18.9. The summed E-state index contributed by atoms with van der Waals surface area (Å²) >= 11 is 0. The van der Waals surface area contributed by atoms with Gasteiger partial charge in [-0.25, -0.2) is 0 Å². The Morgan fingerprint density at radius 2 is 1.16 bits per heavy atom. The molecular formula is C23H19NO6S2. The van der Waals surface area contributed by atoms with Gasteiger partial charge in [-0.3, -0.25) is 0 Å². The lowest BCUT2D eigenvalue weighted by Crippen LogP contribution is -2.13. The van der Waals surface area contributed by atoms with Crippen molar-refractivity contribution in [3.05, 3.63) is 90.0 Å². The van der Waals surface area contributed by atoms with E-state index in [-0.39, 0.29) is 21.6 Å². The number of aryl methyl sites for hydroxylation is 2. The van der Waals surface area contributed by atoms with Gasteiger partial charge in [0, 0.05) is 11.5 Å². The summed E-state index contributed by atoms with van der Waals surface area (Å²) in [5.41, 5.74) is 1.79. The molecule has 4 rings (SSSR count). The second kappa shape index (κ2) is 8.25. The van der Waals surface area contributed by atoms with E-state index in [1.807, 2.05) is 13.8 Å². The molecule has 1 aromatic heterocycles. The molecular weight excluding hydrogens is 450 g/mol. The lowest BCUT2D eigenvalue weighted by molar-refractivity contribution is 0.459. The first-order valence-corrected chi connectivity index (χ1v) is 12.4. The first kappa shape index (κ1) is 21.8. The Labute approximate surface area is 186 Å². The van der Waals surface area contributed by atoms with Crippen LogP contribution in [0.4, 0.5) is 0 Å². The quantitative estimate of drug-likeness (QED) is 0.386. The third kappa shape index (κ3) is 4.58. The summed E-state index contributed by atoms with van der Waals surface area (Å²) in [6.07, 6.45) is 0. The van der Waals surface area contributed by atoms with Crippen LogP contribution in [0.15, 0.2) is 88.7 Å². The highest BCUT2D eigenvalue weighted by Crippen LogP contribution is 2.31. The summed E-state index contributed by atoms with van der Waals surface area (Å²) in [4.78, 5) is 3.96. The molecule has 4 aromatic rings. The molecule has 32 heavy (non-hydrogen) atoms. The fourth-order valence-electron chi connectivity index (χ4n) is 2.97. The van der Waals surface area contributed by atoms with E-state index >= 15 is 0 Å². The van der Waals surface area contributed by atoms with Crippen LogP contribution in [0.25, 0.3) is 10.8 Å². The maximum atomic E-state index is 12.8. The number of hydrogen-bond acceptors (Lipinski definition) is 7. The number of aromatic nitrogens is 1. The third-order valence-corrected chi connectivity index (χ3v) is 7.15. The van der Waals surface area contributed by atoms with Crippen molar-refractivity contribution in [3.63, 3.8) is 0 Å². The summed E-state index contributed by atoms with van der Waals surface area (Å²) in [7, 11) is -8.39. The van der Waals surface area contributed by atoms with Gasteiger partial charge in [-0.05, 0) is 49.6 Å². The fourth-order valence-corrected chi connectivity index (χ4v) is 4.75. The molecule has 1 heterocycles. The number of rotatable bonds is 6. The standard InChI is InChI=1S/C23H19NO6S2/c1-16-7-11-19(12-8-16)31(25,26)29-22-15-18-5-3-4-6-21(18)23(24-22)30-32(27,28)20-13-9-17(2)10-14-20/h3-15H,1-2H3. The van der Waals surface area contributed by atoms with E-state index in [2.05, 4.69) is 4.98 Å². The van der Waals surface area contributed by atoms with E-state index in [1.54, 1.807) is 48.5 Å². The highest BCUT2D eigenvalue weighted by molar-refractivity contribution is 7.87. The third-order valence-electron chi connectivity index (χ3n) is 4.68. The van der Waals surface area contributed by atoms with E-state index < -0.39 is 20.2 Å². The molecule has 164 valence electrons. The first-order chi connectivity index (χ1) is 15.1. The molecule has 0 aliphatic rings. The molecule has 3 aromatic carbocycles. The van der Waals surface area contributed by atoms with Crippen LogP contribution in [-0.2, 0) is 20.2 Å². The normalized spacial score (nSPS) is 11.9. The van der Waals surface area contributed by atoms with Gasteiger partial charge in [0.25, 0.3) is 0 Å². The monoisotopic (exact) mass is 469 g/mol. The lowest BCUT2D eigenvalue weighted by atomic mass is 10.2. The Morgan fingerprint density at radius 1 is 0.656 bits per heavy atom. The van der Waals surface area contributed by atoms with Crippen LogP contribution in [0, 0.1) is 13.8 Å². The van der Waals surface area contributed by atoms with Crippen molar-refractivity contribution in [3.8, 4) is 11.8 Å². The Hall–Kier alpha value is -3.43. The highest BCUT2D eigenvalue weighted by Gasteiger charge is 2.22. The summed E-state index contributed by atoms with van der Waals surface area (Å²) < 4.78 is 61.4. The van der Waals surface area contributed by atoms with Crippen molar-refractivity contribution in [1.82, 2.24) is 4.98 Å². The minimum Gasteiger partial charge on any atom is -0.358 e. The molecule has 0 aliphatic heterocycles. The zero-order chi connectivity index (χ0) is 22.9. The van der Waals surface area contributed by atoms with E-state index in [0.29, 0.717) is 10.8 Å². The minimum atomic E-state index is -4.21. The largest absolute Gasteiger partial charge is 0.358 e. The van der Waals surface area contributed by atoms with Crippen LogP contribution >= 0.6 is 0 Å². The molecule has 9 heteroatoms. The maximum Gasteiger partial charge on any atom is 0.340 e. The van der Waals surface area contributed by atoms with Crippen molar-refractivity contribution in [1.29, 1.82) is 0 Å². The second-order valence-corrected chi connectivity index (χ2v) is 10.3. The lowest BCUT2D eigenvalue weighted by Gasteiger charge is -2.12. The summed E-state index contributed by atoms with van der Waals surface area (Å²) in [5, 5.41) is 0.897. The molecule has 0 aliphatic carbocycles. The average Bonchev–Trinajstić information content (AvgIpc) is 2.74. The van der Waals surface area contributed by atoms with Crippen molar-refractivity contribution in [2.45, 2.75) is 23.6 Å². The number of pyridine rings is 1. The summed E-state index contributed by atoms with van der Waals surface area (Å²) in [6, 6.07) is 20.4. The number of benzene rings is 3. The zero-order valence-electron chi connectivity index (χ0n) is 17.2. The Balaban J connectivity index is 1.75. The van der Waals surface area contributed by atoms with Crippen molar-refractivity contribution >= 4 is 31.0 Å². The summed E-state index contributed by atoms with van der Waals surface area (Å²) in [5.74, 6) is -0.587. The predicted molar refractivity (Wildman–Crippen MR) is 120 cm³/mol.